The summed E-state index contributed by atoms with van der Waals surface area (Å²) < 4.78 is 32.6. The number of nitrogens with zero attached hydrogens (tertiary/aromatic N) is 7. The highest BCUT2D eigenvalue weighted by Crippen LogP contribution is 2.42. The normalized spacial score (nSPS) is 19.0. The molecule has 0 spiro atoms. The number of nitrogens with one attached hydrogen (secondary N) is 1. The largest absolute Gasteiger partial charge is 0.355 e. The number of fused-ring (bicyclic) bond motifs is 6. The zero-order valence-electron chi connectivity index (χ0n) is 23.3. The molecule has 218 valence electrons. The van der Waals surface area contributed by atoms with Crippen LogP contribution in [0.5, 0.6) is 0 Å². The fourth-order valence-electron chi connectivity index (χ4n) is 6.18. The van der Waals surface area contributed by atoms with Gasteiger partial charge in [0.05, 0.1) is 52.2 Å². The maximum absolute atomic E-state index is 16.1. The number of rotatable bonds is 3. The molecule has 1 aromatic carbocycles. The van der Waals surface area contributed by atoms with Crippen molar-refractivity contribution in [3.63, 3.8) is 0 Å². The van der Waals surface area contributed by atoms with E-state index in [0.29, 0.717) is 25.2 Å². The van der Waals surface area contributed by atoms with E-state index in [9.17, 15) is 14.4 Å². The molecule has 13 heteroatoms. The number of piperazine rings is 1. The first-order valence-corrected chi connectivity index (χ1v) is 13.9. The summed E-state index contributed by atoms with van der Waals surface area (Å²) in [5.74, 6) is -2.36. The first-order valence-electron chi connectivity index (χ1n) is 13.9. The van der Waals surface area contributed by atoms with E-state index in [0.717, 1.165) is 6.07 Å². The van der Waals surface area contributed by atoms with Crippen molar-refractivity contribution in [2.45, 2.75) is 44.7 Å². The Balaban J connectivity index is 1.54. The number of benzene rings is 1. The lowest BCUT2D eigenvalue weighted by Crippen LogP contribution is -2.49. The summed E-state index contributed by atoms with van der Waals surface area (Å²) in [5, 5.41) is 2.88. The van der Waals surface area contributed by atoms with Gasteiger partial charge in [-0.05, 0) is 36.6 Å². The molecule has 1 saturated carbocycles. The Kier molecular flexibility index (Phi) is 6.08. The molecule has 1 aliphatic carbocycles. The van der Waals surface area contributed by atoms with Crippen LogP contribution in [-0.4, -0.2) is 66.4 Å². The van der Waals surface area contributed by atoms with Crippen LogP contribution in [0.15, 0.2) is 48.0 Å². The van der Waals surface area contributed by atoms with Crippen molar-refractivity contribution in [2.75, 3.05) is 23.3 Å². The van der Waals surface area contributed by atoms with E-state index >= 15 is 8.78 Å². The third-order valence-electron chi connectivity index (χ3n) is 8.19. The average molecular weight is 585 g/mol. The second-order valence-electron chi connectivity index (χ2n) is 11.1. The molecule has 11 nitrogen and oxygen atoms in total. The quantitative estimate of drug-likeness (QED) is 0.364. The fourth-order valence-corrected chi connectivity index (χ4v) is 6.18. The lowest BCUT2D eigenvalue weighted by molar-refractivity contribution is -0.127. The van der Waals surface area contributed by atoms with Crippen molar-refractivity contribution in [2.24, 2.45) is 0 Å². The average Bonchev–Trinajstić information content (AvgIpc) is 3.77. The van der Waals surface area contributed by atoms with Crippen LogP contribution in [-0.2, 0) is 16.0 Å². The number of hydrogen-bond donors (Lipinski definition) is 1. The molecule has 7 rings (SSSR count). The molecule has 0 unspecified atom stereocenters. The van der Waals surface area contributed by atoms with Gasteiger partial charge in [0, 0.05) is 13.1 Å². The van der Waals surface area contributed by atoms with Gasteiger partial charge in [-0.3, -0.25) is 9.59 Å². The van der Waals surface area contributed by atoms with Crippen molar-refractivity contribution in [1.29, 1.82) is 0 Å². The number of carbonyl (C=O) groups is 2. The number of amides is 2. The van der Waals surface area contributed by atoms with Gasteiger partial charge in [-0.25, -0.2) is 33.1 Å². The molecular weight excluding hydrogens is 558 g/mol. The van der Waals surface area contributed by atoms with Crippen LogP contribution >= 0.6 is 0 Å². The van der Waals surface area contributed by atoms with Gasteiger partial charge < -0.3 is 15.1 Å². The zero-order chi connectivity index (χ0) is 30.2. The summed E-state index contributed by atoms with van der Waals surface area (Å²) in [6.07, 6.45) is 2.97. The number of carbonyl (C=O) groups excluding carboxylic acids is 2. The number of halogens is 2. The minimum absolute atomic E-state index is 0.0229. The smallest absolute Gasteiger partial charge is 0.349 e. The van der Waals surface area contributed by atoms with Crippen LogP contribution in [0, 0.1) is 11.6 Å². The topological polar surface area (TPSA) is 126 Å². The Morgan fingerprint density at radius 2 is 1.93 bits per heavy atom. The van der Waals surface area contributed by atoms with Crippen LogP contribution < -0.4 is 15.9 Å². The Morgan fingerprint density at radius 1 is 1.12 bits per heavy atom. The molecule has 4 aromatic rings. The summed E-state index contributed by atoms with van der Waals surface area (Å²) >= 11 is 0. The van der Waals surface area contributed by atoms with Crippen LogP contribution in [0.1, 0.15) is 37.6 Å². The molecule has 1 saturated heterocycles. The van der Waals surface area contributed by atoms with Crippen LogP contribution in [0.4, 0.5) is 20.3 Å². The predicted molar refractivity (Wildman–Crippen MR) is 154 cm³/mol. The second kappa shape index (κ2) is 9.75. The van der Waals surface area contributed by atoms with Crippen molar-refractivity contribution in [3.05, 3.63) is 76.8 Å². The van der Waals surface area contributed by atoms with Crippen molar-refractivity contribution < 1.29 is 18.4 Å². The van der Waals surface area contributed by atoms with E-state index in [1.165, 1.54) is 35.2 Å². The highest BCUT2D eigenvalue weighted by atomic mass is 19.1. The molecule has 2 aliphatic heterocycles. The highest BCUT2D eigenvalue weighted by Gasteiger charge is 2.51. The van der Waals surface area contributed by atoms with E-state index < -0.39 is 23.2 Å². The lowest BCUT2D eigenvalue weighted by atomic mass is 10.1. The molecule has 1 N–H and O–H groups in total. The Bertz CT molecular complexity index is 1940. The summed E-state index contributed by atoms with van der Waals surface area (Å²) in [4.78, 5) is 61.1. The number of pyridine rings is 1. The van der Waals surface area contributed by atoms with Gasteiger partial charge >= 0.3 is 5.69 Å². The molecular formula is C30H26F2N8O3. The number of hydrogen-bond acceptors (Lipinski definition) is 8. The maximum Gasteiger partial charge on any atom is 0.355 e. The highest BCUT2D eigenvalue weighted by molar-refractivity contribution is 5.98. The molecule has 2 fully saturated rings. The fraction of sp³-hybridized carbons (Fsp3) is 0.300. The lowest BCUT2D eigenvalue weighted by Gasteiger charge is -2.35. The summed E-state index contributed by atoms with van der Waals surface area (Å²) in [5.41, 5.74) is -0.370. The number of aromatic nitrogens is 5. The predicted octanol–water partition coefficient (Wildman–Crippen LogP) is 3.11. The molecule has 0 radical (unpaired) electrons. The van der Waals surface area contributed by atoms with Gasteiger partial charge in [-0.15, -0.1) is 0 Å². The third-order valence-corrected chi connectivity index (χ3v) is 8.19. The molecule has 5 heterocycles. The van der Waals surface area contributed by atoms with Crippen LogP contribution in [0.2, 0.25) is 0 Å². The monoisotopic (exact) mass is 584 g/mol. The van der Waals surface area contributed by atoms with E-state index in [4.69, 9.17) is 0 Å². The molecule has 2 bridgehead atoms. The second-order valence-corrected chi connectivity index (χ2v) is 11.1. The Hall–Kier alpha value is -5.07. The number of anilines is 2. The van der Waals surface area contributed by atoms with Gasteiger partial charge in [0.1, 0.15) is 23.7 Å². The summed E-state index contributed by atoms with van der Waals surface area (Å²) in [7, 11) is 0. The molecule has 3 aromatic heterocycles. The molecule has 3 aliphatic rings. The van der Waals surface area contributed by atoms with Crippen molar-refractivity contribution in [3.8, 4) is 16.9 Å². The van der Waals surface area contributed by atoms with E-state index in [1.807, 2.05) is 18.7 Å². The van der Waals surface area contributed by atoms with Crippen molar-refractivity contribution >= 4 is 34.4 Å². The molecule has 43 heavy (non-hydrogen) atoms. The maximum atomic E-state index is 16.1. The first kappa shape index (κ1) is 26.8. The first-order chi connectivity index (χ1) is 20.7. The van der Waals surface area contributed by atoms with Gasteiger partial charge in [0.2, 0.25) is 11.8 Å². The minimum atomic E-state index is -0.859. The summed E-state index contributed by atoms with van der Waals surface area (Å²) in [6.45, 7) is 8.06. The van der Waals surface area contributed by atoms with E-state index in [1.54, 1.807) is 4.90 Å². The third kappa shape index (κ3) is 4.17. The van der Waals surface area contributed by atoms with Crippen LogP contribution in [0.25, 0.3) is 28.0 Å². The van der Waals surface area contributed by atoms with Gasteiger partial charge in [-0.1, -0.05) is 26.5 Å². The zero-order valence-corrected chi connectivity index (χ0v) is 23.3. The Labute approximate surface area is 243 Å². The van der Waals surface area contributed by atoms with E-state index in [2.05, 4.69) is 31.8 Å². The molecule has 2 atom stereocenters. The van der Waals surface area contributed by atoms with Gasteiger partial charge in [0.25, 0.3) is 0 Å². The Morgan fingerprint density at radius 3 is 2.70 bits per heavy atom. The SMILES string of the molecule is C=CC(=O)N1CCN(c2nc(=O)n3c4nc(c(F)cc24)-c2c(F)cccc2NC(=O)Cc2ncnc(C(C)C)c2-3)[C@@H]2C[C@@H]21. The minimum Gasteiger partial charge on any atom is -0.349 e. The van der Waals surface area contributed by atoms with Gasteiger partial charge in [0.15, 0.2) is 11.5 Å². The standard InChI is InChI=1S/C30H26F2N8O3/c1-4-23(42)38-8-9-39(21-12-20(21)38)28-15-10-17(32)26-24-16(31)6-5-7-18(24)35-22(41)11-19-27(25(14(2)3)34-13-33-19)40(29(15)36-26)30(43)37-28/h4-7,10,13-14,20-21H,1,8-9,11-12H2,2-3H3,(H,35,41)/t20-,21+/m0/s1. The summed E-state index contributed by atoms with van der Waals surface area (Å²) in [6, 6.07) is 4.99. The van der Waals surface area contributed by atoms with Crippen LogP contribution in [0.3, 0.4) is 0 Å². The van der Waals surface area contributed by atoms with Crippen molar-refractivity contribution in [1.82, 2.24) is 29.4 Å². The molecule has 2 amide bonds. The van der Waals surface area contributed by atoms with E-state index in [-0.39, 0.29) is 75.5 Å². The van der Waals surface area contributed by atoms with Gasteiger partial charge in [-0.2, -0.15) is 4.98 Å².